The number of aromatic amines is 1. The highest BCUT2D eigenvalue weighted by Gasteiger charge is 2.45. The summed E-state index contributed by atoms with van der Waals surface area (Å²) in [6, 6.07) is 12.9. The van der Waals surface area contributed by atoms with Gasteiger partial charge in [-0.05, 0) is 41.4 Å². The fourth-order valence-corrected chi connectivity index (χ4v) is 5.24. The number of anilines is 1. The van der Waals surface area contributed by atoms with E-state index in [4.69, 9.17) is 14.6 Å². The van der Waals surface area contributed by atoms with E-state index in [0.29, 0.717) is 33.6 Å². The highest BCUT2D eigenvalue weighted by Crippen LogP contribution is 2.39. The summed E-state index contributed by atoms with van der Waals surface area (Å²) in [4.78, 5) is 31.0. The van der Waals surface area contributed by atoms with Gasteiger partial charge in [-0.3, -0.25) is 14.6 Å². The number of nitrogens with zero attached hydrogens (tertiary/aromatic N) is 3. The zero-order chi connectivity index (χ0) is 24.9. The number of H-pyrrole nitrogens is 1. The lowest BCUT2D eigenvalue weighted by molar-refractivity contribution is -0.763. The van der Waals surface area contributed by atoms with Crippen molar-refractivity contribution in [3.05, 3.63) is 58.4 Å². The monoisotopic (exact) mass is 495 g/mol. The molecule has 3 aromatic rings. The van der Waals surface area contributed by atoms with E-state index >= 15 is 0 Å². The first-order chi connectivity index (χ1) is 17.0. The van der Waals surface area contributed by atoms with Crippen molar-refractivity contribution < 1.29 is 19.0 Å². The summed E-state index contributed by atoms with van der Waals surface area (Å²) in [5, 5.41) is 5.37. The standard InChI is InChI=1S/C26H30N4O4S/c1-5-6-7-10-15-35-26-27-24(32)23-19-11-8-9-12-20(19)29(17(2)31)25(30(23)28-26)18-13-14-21(33-3)22(16-18)34-4/h8-9,11-14,16,25H,5-7,10,15H2,1-4H3/p+1. The number of unbranched alkanes of at least 4 members (excludes halogenated alkanes) is 3. The van der Waals surface area contributed by atoms with Crippen LogP contribution in [0, 0.1) is 0 Å². The SMILES string of the molecule is CCCCCCSc1n[n+]2c(c(=O)[nH]1)-c1ccccc1N(C(C)=O)C2c1ccc(OC)c(OC)c1. The van der Waals surface area contributed by atoms with Gasteiger partial charge >= 0.3 is 11.3 Å². The molecule has 184 valence electrons. The van der Waals surface area contributed by atoms with Crippen molar-refractivity contribution in [2.75, 3.05) is 24.9 Å². The number of nitrogens with one attached hydrogen (secondary N) is 1. The highest BCUT2D eigenvalue weighted by molar-refractivity contribution is 7.99. The van der Waals surface area contributed by atoms with Crippen LogP contribution in [0.2, 0.25) is 0 Å². The molecule has 0 bridgehead atoms. The summed E-state index contributed by atoms with van der Waals surface area (Å²) >= 11 is 1.52. The molecule has 2 aromatic carbocycles. The van der Waals surface area contributed by atoms with Gasteiger partial charge in [-0.15, -0.1) is 0 Å². The second kappa shape index (κ2) is 10.9. The van der Waals surface area contributed by atoms with Crippen LogP contribution in [-0.4, -0.2) is 36.0 Å². The molecule has 0 radical (unpaired) electrons. The van der Waals surface area contributed by atoms with E-state index in [1.165, 1.54) is 31.5 Å². The number of methoxy groups -OCH3 is 2. The van der Waals surface area contributed by atoms with Crippen molar-refractivity contribution in [1.29, 1.82) is 0 Å². The average molecular weight is 496 g/mol. The minimum atomic E-state index is -0.668. The lowest BCUT2D eigenvalue weighted by Gasteiger charge is -2.31. The van der Waals surface area contributed by atoms with Crippen molar-refractivity contribution in [2.24, 2.45) is 0 Å². The van der Waals surface area contributed by atoms with Gasteiger partial charge in [0, 0.05) is 23.3 Å². The second-order valence-corrected chi connectivity index (χ2v) is 9.44. The minimum Gasteiger partial charge on any atom is -0.493 e. The van der Waals surface area contributed by atoms with Gasteiger partial charge in [0.15, 0.2) is 11.5 Å². The third kappa shape index (κ3) is 4.91. The van der Waals surface area contributed by atoms with E-state index < -0.39 is 6.17 Å². The summed E-state index contributed by atoms with van der Waals surface area (Å²) in [5.74, 6) is 1.81. The zero-order valence-corrected chi connectivity index (χ0v) is 21.4. The van der Waals surface area contributed by atoms with Gasteiger partial charge in [-0.25, -0.2) is 4.90 Å². The van der Waals surface area contributed by atoms with Crippen LogP contribution >= 0.6 is 11.8 Å². The lowest BCUT2D eigenvalue weighted by Crippen LogP contribution is -2.60. The van der Waals surface area contributed by atoms with Gasteiger partial charge in [-0.1, -0.05) is 50.1 Å². The number of thioether (sulfide) groups is 1. The molecule has 0 saturated carbocycles. The normalized spacial score (nSPS) is 14.3. The molecule has 9 heteroatoms. The number of hydrogen-bond donors (Lipinski definition) is 1. The van der Waals surface area contributed by atoms with Crippen LogP contribution in [0.25, 0.3) is 11.3 Å². The van der Waals surface area contributed by atoms with Crippen molar-refractivity contribution in [2.45, 2.75) is 50.9 Å². The Morgan fingerprint density at radius 3 is 2.60 bits per heavy atom. The first-order valence-corrected chi connectivity index (χ1v) is 12.8. The number of ether oxygens (including phenoxy) is 2. The Labute approximate surface area is 209 Å². The Balaban J connectivity index is 1.87. The van der Waals surface area contributed by atoms with Crippen molar-refractivity contribution >= 4 is 23.4 Å². The molecule has 0 spiro atoms. The van der Waals surface area contributed by atoms with E-state index in [-0.39, 0.29) is 11.5 Å². The smallest absolute Gasteiger partial charge is 0.325 e. The van der Waals surface area contributed by atoms with E-state index in [1.807, 2.05) is 36.4 Å². The molecule has 0 aliphatic carbocycles. The first-order valence-electron chi connectivity index (χ1n) is 11.8. The van der Waals surface area contributed by atoms with Gasteiger partial charge in [0.25, 0.3) is 6.17 Å². The second-order valence-electron chi connectivity index (χ2n) is 8.36. The van der Waals surface area contributed by atoms with Gasteiger partial charge in [0.1, 0.15) is 0 Å². The quantitative estimate of drug-likeness (QED) is 0.270. The molecule has 1 aliphatic heterocycles. The molecular weight excluding hydrogens is 464 g/mol. The fourth-order valence-electron chi connectivity index (χ4n) is 4.39. The number of carbonyl (C=O) groups is 1. The third-order valence-electron chi connectivity index (χ3n) is 6.04. The molecule has 35 heavy (non-hydrogen) atoms. The van der Waals surface area contributed by atoms with Gasteiger partial charge in [0.05, 0.1) is 25.5 Å². The largest absolute Gasteiger partial charge is 0.493 e. The summed E-state index contributed by atoms with van der Waals surface area (Å²) in [6.45, 7) is 3.70. The van der Waals surface area contributed by atoms with Crippen LogP contribution in [-0.2, 0) is 4.79 Å². The predicted molar refractivity (Wildman–Crippen MR) is 136 cm³/mol. The summed E-state index contributed by atoms with van der Waals surface area (Å²) in [7, 11) is 3.14. The molecular formula is C26H31N4O4S+. The molecule has 1 N–H and O–H groups in total. The molecule has 1 atom stereocenters. The molecule has 0 fully saturated rings. The number of benzene rings is 2. The summed E-state index contributed by atoms with van der Waals surface area (Å²) in [6.07, 6.45) is 3.88. The summed E-state index contributed by atoms with van der Waals surface area (Å²) in [5.41, 5.74) is 2.24. The van der Waals surface area contributed by atoms with Crippen molar-refractivity contribution in [3.63, 3.8) is 0 Å². The van der Waals surface area contributed by atoms with Crippen LogP contribution in [0.15, 0.2) is 52.4 Å². The first kappa shape index (κ1) is 24.8. The van der Waals surface area contributed by atoms with Crippen LogP contribution in [0.3, 0.4) is 0 Å². The van der Waals surface area contributed by atoms with E-state index in [1.54, 1.807) is 29.9 Å². The lowest BCUT2D eigenvalue weighted by atomic mass is 10.0. The number of aromatic nitrogens is 3. The Morgan fingerprint density at radius 1 is 1.11 bits per heavy atom. The van der Waals surface area contributed by atoms with E-state index in [9.17, 15) is 9.59 Å². The van der Waals surface area contributed by atoms with E-state index in [2.05, 4.69) is 11.9 Å². The molecule has 8 nitrogen and oxygen atoms in total. The molecule has 2 heterocycles. The fraction of sp³-hybridized carbons (Fsp3) is 0.385. The van der Waals surface area contributed by atoms with E-state index in [0.717, 1.165) is 24.2 Å². The highest BCUT2D eigenvalue weighted by atomic mass is 32.2. The average Bonchev–Trinajstić information content (AvgIpc) is 2.86. The molecule has 0 saturated heterocycles. The molecule has 4 rings (SSSR count). The predicted octanol–water partition coefficient (Wildman–Crippen LogP) is 4.33. The number of amides is 1. The molecule has 1 aromatic heterocycles. The third-order valence-corrected chi connectivity index (χ3v) is 6.99. The zero-order valence-electron chi connectivity index (χ0n) is 20.5. The van der Waals surface area contributed by atoms with Crippen molar-refractivity contribution in [1.82, 2.24) is 10.1 Å². The Morgan fingerprint density at radius 2 is 1.89 bits per heavy atom. The maximum Gasteiger partial charge on any atom is 0.325 e. The molecule has 1 aliphatic rings. The van der Waals surface area contributed by atoms with Gasteiger partial charge < -0.3 is 9.47 Å². The number of para-hydroxylation sites is 1. The summed E-state index contributed by atoms with van der Waals surface area (Å²) < 4.78 is 12.6. The van der Waals surface area contributed by atoms with Gasteiger partial charge in [-0.2, -0.15) is 0 Å². The Kier molecular flexibility index (Phi) is 7.75. The molecule has 1 amide bonds. The Hall–Kier alpha value is -3.33. The van der Waals surface area contributed by atoms with Gasteiger partial charge in [0.2, 0.25) is 11.1 Å². The number of carbonyl (C=O) groups excluding carboxylic acids is 1. The maximum absolute atomic E-state index is 13.4. The Bertz CT molecular complexity index is 1280. The minimum absolute atomic E-state index is 0.161. The van der Waals surface area contributed by atoms with Crippen LogP contribution in [0.4, 0.5) is 5.69 Å². The number of fused-ring (bicyclic) bond motifs is 3. The topological polar surface area (TPSA) is 88.4 Å². The van der Waals surface area contributed by atoms with Crippen LogP contribution in [0.1, 0.15) is 51.3 Å². The van der Waals surface area contributed by atoms with Crippen molar-refractivity contribution in [3.8, 4) is 22.8 Å². The van der Waals surface area contributed by atoms with Crippen LogP contribution < -0.4 is 24.6 Å². The van der Waals surface area contributed by atoms with Crippen LogP contribution in [0.5, 0.6) is 11.5 Å². The maximum atomic E-state index is 13.4. The number of rotatable bonds is 9. The number of hydrogen-bond acceptors (Lipinski definition) is 6. The molecule has 1 unspecified atom stereocenters.